The van der Waals surface area contributed by atoms with Crippen molar-refractivity contribution in [3.05, 3.63) is 18.0 Å². The van der Waals surface area contributed by atoms with Gasteiger partial charge in [0.15, 0.2) is 0 Å². The first kappa shape index (κ1) is 15.0. The summed E-state index contributed by atoms with van der Waals surface area (Å²) in [5.41, 5.74) is 1.07. The summed E-state index contributed by atoms with van der Waals surface area (Å²) in [5, 5.41) is 4.17. The molecule has 1 atom stereocenters. The van der Waals surface area contributed by atoms with E-state index in [1.54, 1.807) is 10.9 Å². The molecular formula is C14H24N4O2. The van der Waals surface area contributed by atoms with Crippen molar-refractivity contribution in [2.24, 2.45) is 5.92 Å². The van der Waals surface area contributed by atoms with Crippen LogP contribution in [0.25, 0.3) is 0 Å². The predicted molar refractivity (Wildman–Crippen MR) is 76.4 cm³/mol. The molecule has 1 amide bonds. The molecule has 0 unspecified atom stereocenters. The first-order chi connectivity index (χ1) is 9.54. The van der Waals surface area contributed by atoms with Crippen LogP contribution in [0.15, 0.2) is 12.4 Å². The number of hydrogen-bond acceptors (Lipinski definition) is 4. The van der Waals surface area contributed by atoms with E-state index in [0.29, 0.717) is 25.6 Å². The molecule has 0 spiro atoms. The van der Waals surface area contributed by atoms with Crippen molar-refractivity contribution in [2.45, 2.75) is 13.5 Å². The van der Waals surface area contributed by atoms with E-state index in [-0.39, 0.29) is 5.91 Å². The second-order valence-electron chi connectivity index (χ2n) is 5.76. The zero-order chi connectivity index (χ0) is 14.5. The molecule has 0 saturated carbocycles. The van der Waals surface area contributed by atoms with Gasteiger partial charge in [-0.05, 0) is 26.6 Å². The normalized spacial score (nSPS) is 20.2. The minimum absolute atomic E-state index is 0.113. The maximum Gasteiger partial charge on any atom is 0.244 e. The molecule has 0 N–H and O–H groups in total. The van der Waals surface area contributed by atoms with Gasteiger partial charge in [0.2, 0.25) is 5.91 Å². The van der Waals surface area contributed by atoms with Crippen LogP contribution in [0, 0.1) is 12.8 Å². The topological polar surface area (TPSA) is 50.6 Å². The number of aromatic nitrogens is 2. The molecule has 2 rings (SSSR count). The molecule has 2 heterocycles. The molecule has 0 aliphatic carbocycles. The van der Waals surface area contributed by atoms with Gasteiger partial charge in [-0.25, -0.2) is 0 Å². The number of ether oxygens (including phenoxy) is 1. The summed E-state index contributed by atoms with van der Waals surface area (Å²) in [4.78, 5) is 16.4. The molecule has 1 fully saturated rings. The van der Waals surface area contributed by atoms with Crippen molar-refractivity contribution < 1.29 is 9.53 Å². The zero-order valence-corrected chi connectivity index (χ0v) is 12.6. The number of nitrogens with zero attached hydrogens (tertiary/aromatic N) is 4. The van der Waals surface area contributed by atoms with Crippen LogP contribution in [0.5, 0.6) is 0 Å². The summed E-state index contributed by atoms with van der Waals surface area (Å²) < 4.78 is 7.30. The van der Waals surface area contributed by atoms with E-state index in [0.717, 1.165) is 25.3 Å². The molecule has 1 aromatic heterocycles. The smallest absolute Gasteiger partial charge is 0.244 e. The van der Waals surface area contributed by atoms with Gasteiger partial charge in [-0.3, -0.25) is 9.48 Å². The third kappa shape index (κ3) is 4.31. The molecule has 1 aliphatic heterocycles. The lowest BCUT2D eigenvalue weighted by molar-refractivity contribution is -0.132. The molecule has 6 heteroatoms. The number of amides is 1. The van der Waals surface area contributed by atoms with Crippen molar-refractivity contribution in [1.29, 1.82) is 0 Å². The van der Waals surface area contributed by atoms with E-state index >= 15 is 0 Å². The molecule has 112 valence electrons. The molecule has 0 aromatic carbocycles. The maximum absolute atomic E-state index is 12.4. The molecule has 1 aliphatic rings. The lowest BCUT2D eigenvalue weighted by atomic mass is 10.1. The summed E-state index contributed by atoms with van der Waals surface area (Å²) in [6.45, 7) is 5.99. The minimum Gasteiger partial charge on any atom is -0.379 e. The summed E-state index contributed by atoms with van der Waals surface area (Å²) >= 11 is 0. The Balaban J connectivity index is 1.93. The lowest BCUT2D eigenvalue weighted by Crippen LogP contribution is -2.40. The number of carbonyl (C=O) groups excluding carboxylic acids is 1. The van der Waals surface area contributed by atoms with Gasteiger partial charge in [0.05, 0.1) is 19.4 Å². The second kappa shape index (κ2) is 6.85. The quantitative estimate of drug-likeness (QED) is 0.792. The summed E-state index contributed by atoms with van der Waals surface area (Å²) in [6.07, 6.45) is 3.66. The standard InChI is InChI=1S/C14H24N4O2/c1-12-6-15-18(7-12)10-14(19)17-4-5-20-11-13(9-17)8-16(2)3/h6-7,13H,4-5,8-11H2,1-3H3/t13-/m0/s1. The van der Waals surface area contributed by atoms with Crippen LogP contribution in [0.2, 0.25) is 0 Å². The van der Waals surface area contributed by atoms with Gasteiger partial charge in [-0.15, -0.1) is 0 Å². The highest BCUT2D eigenvalue weighted by Gasteiger charge is 2.23. The van der Waals surface area contributed by atoms with E-state index in [1.807, 2.05) is 32.1 Å². The third-order valence-electron chi connectivity index (χ3n) is 3.37. The molecule has 1 aromatic rings. The van der Waals surface area contributed by atoms with E-state index in [2.05, 4.69) is 10.00 Å². The van der Waals surface area contributed by atoms with Crippen LogP contribution in [0.1, 0.15) is 5.56 Å². The number of rotatable bonds is 4. The number of carbonyl (C=O) groups is 1. The Labute approximate surface area is 120 Å². The Kier molecular flexibility index (Phi) is 5.14. The van der Waals surface area contributed by atoms with Crippen molar-refractivity contribution in [3.8, 4) is 0 Å². The number of aryl methyl sites for hydroxylation is 1. The summed E-state index contributed by atoms with van der Waals surface area (Å²) in [5.74, 6) is 0.484. The fourth-order valence-corrected chi connectivity index (χ4v) is 2.53. The molecule has 20 heavy (non-hydrogen) atoms. The Hall–Kier alpha value is -1.40. The fraction of sp³-hybridized carbons (Fsp3) is 0.714. The predicted octanol–water partition coefficient (Wildman–Crippen LogP) is 0.228. The first-order valence-corrected chi connectivity index (χ1v) is 7.04. The van der Waals surface area contributed by atoms with Gasteiger partial charge in [0, 0.05) is 31.7 Å². The highest BCUT2D eigenvalue weighted by atomic mass is 16.5. The Morgan fingerprint density at radius 3 is 3.00 bits per heavy atom. The second-order valence-corrected chi connectivity index (χ2v) is 5.76. The third-order valence-corrected chi connectivity index (χ3v) is 3.37. The van der Waals surface area contributed by atoms with Crippen molar-refractivity contribution in [1.82, 2.24) is 19.6 Å². The van der Waals surface area contributed by atoms with Crippen LogP contribution in [-0.2, 0) is 16.1 Å². The van der Waals surface area contributed by atoms with Crippen molar-refractivity contribution >= 4 is 5.91 Å². The van der Waals surface area contributed by atoms with Gasteiger partial charge in [0.25, 0.3) is 0 Å². The Morgan fingerprint density at radius 1 is 1.55 bits per heavy atom. The van der Waals surface area contributed by atoms with E-state index in [4.69, 9.17) is 4.74 Å². The van der Waals surface area contributed by atoms with Gasteiger partial charge in [-0.2, -0.15) is 5.10 Å². The summed E-state index contributed by atoms with van der Waals surface area (Å²) in [7, 11) is 4.09. The average molecular weight is 280 g/mol. The molecule has 0 bridgehead atoms. The van der Waals surface area contributed by atoms with Gasteiger partial charge in [0.1, 0.15) is 6.54 Å². The van der Waals surface area contributed by atoms with Crippen LogP contribution in [0.3, 0.4) is 0 Å². The highest BCUT2D eigenvalue weighted by Crippen LogP contribution is 2.09. The molecular weight excluding hydrogens is 256 g/mol. The van der Waals surface area contributed by atoms with Crippen LogP contribution in [0.4, 0.5) is 0 Å². The molecule has 0 radical (unpaired) electrons. The van der Waals surface area contributed by atoms with Crippen LogP contribution < -0.4 is 0 Å². The fourth-order valence-electron chi connectivity index (χ4n) is 2.53. The first-order valence-electron chi connectivity index (χ1n) is 7.04. The highest BCUT2D eigenvalue weighted by molar-refractivity contribution is 5.76. The van der Waals surface area contributed by atoms with Gasteiger partial charge in [-0.1, -0.05) is 0 Å². The van der Waals surface area contributed by atoms with Crippen molar-refractivity contribution in [3.63, 3.8) is 0 Å². The average Bonchev–Trinajstić information content (AvgIpc) is 2.63. The Morgan fingerprint density at radius 2 is 2.35 bits per heavy atom. The van der Waals surface area contributed by atoms with Gasteiger partial charge >= 0.3 is 0 Å². The SMILES string of the molecule is Cc1cnn(CC(=O)N2CCOC[C@@H](CN(C)C)C2)c1. The Bertz CT molecular complexity index is 444. The molecule has 6 nitrogen and oxygen atoms in total. The summed E-state index contributed by atoms with van der Waals surface area (Å²) in [6, 6.07) is 0. The van der Waals surface area contributed by atoms with Crippen molar-refractivity contribution in [2.75, 3.05) is 46.9 Å². The molecule has 1 saturated heterocycles. The van der Waals surface area contributed by atoms with E-state index < -0.39 is 0 Å². The van der Waals surface area contributed by atoms with E-state index in [1.165, 1.54) is 0 Å². The lowest BCUT2D eigenvalue weighted by Gasteiger charge is -2.25. The van der Waals surface area contributed by atoms with E-state index in [9.17, 15) is 4.79 Å². The zero-order valence-electron chi connectivity index (χ0n) is 12.6. The monoisotopic (exact) mass is 280 g/mol. The number of hydrogen-bond donors (Lipinski definition) is 0. The van der Waals surface area contributed by atoms with Gasteiger partial charge < -0.3 is 14.5 Å². The minimum atomic E-state index is 0.113. The maximum atomic E-state index is 12.4. The van der Waals surface area contributed by atoms with Crippen LogP contribution in [-0.4, -0.2) is 72.4 Å². The van der Waals surface area contributed by atoms with Crippen LogP contribution >= 0.6 is 0 Å². The largest absolute Gasteiger partial charge is 0.379 e.